The zero-order valence-electron chi connectivity index (χ0n) is 37.8. The van der Waals surface area contributed by atoms with Gasteiger partial charge in [-0.15, -0.1) is 0 Å². The van der Waals surface area contributed by atoms with E-state index in [1.165, 1.54) is 41.5 Å². The highest BCUT2D eigenvalue weighted by Gasteiger charge is 2.43. The molecule has 0 saturated heterocycles. The Morgan fingerprint density at radius 3 is 0.971 bits per heavy atom. The van der Waals surface area contributed by atoms with E-state index < -0.39 is 16.1 Å². The first-order valence-electron chi connectivity index (χ1n) is 23.5. The number of nitrogens with zero attached hydrogens (tertiary/aromatic N) is 4. The Labute approximate surface area is 404 Å². The fourth-order valence-corrected chi connectivity index (χ4v) is 20.3. The van der Waals surface area contributed by atoms with E-state index in [1.807, 2.05) is 0 Å². The number of rotatable bonds is 11. The van der Waals surface area contributed by atoms with Crippen LogP contribution in [-0.2, 0) is 0 Å². The minimum atomic E-state index is -2.86. The molecule has 2 aromatic heterocycles. The molecule has 0 fully saturated rings. The third kappa shape index (κ3) is 7.17. The molecule has 0 spiro atoms. The van der Waals surface area contributed by atoms with Crippen molar-refractivity contribution in [2.45, 2.75) is 0 Å². The highest BCUT2D eigenvalue weighted by molar-refractivity contribution is 7.20. The summed E-state index contributed by atoms with van der Waals surface area (Å²) in [5.41, 5.74) is 3.93. The van der Waals surface area contributed by atoms with E-state index in [0.29, 0.717) is 17.6 Å². The fourth-order valence-electron chi connectivity index (χ4n) is 10.8. The van der Waals surface area contributed by atoms with Crippen molar-refractivity contribution in [3.05, 3.63) is 279 Å². The van der Waals surface area contributed by atoms with Crippen LogP contribution in [0.25, 0.3) is 50.5 Å². The quantitative estimate of drug-likeness (QED) is 0.0962. The van der Waals surface area contributed by atoms with Gasteiger partial charge in [0.25, 0.3) is 0 Å². The fraction of sp³-hybridized carbons (Fsp3) is 0. The molecular formula is C63H46N4Si2. The van der Waals surface area contributed by atoms with Gasteiger partial charge in [0.1, 0.15) is 0 Å². The molecule has 12 aromatic rings. The molecule has 2 heterocycles. The molecule has 6 heteroatoms. The number of para-hydroxylation sites is 2. The van der Waals surface area contributed by atoms with Crippen LogP contribution in [0.4, 0.5) is 0 Å². The first-order chi connectivity index (χ1) is 34.2. The Bertz CT molecular complexity index is 3450. The minimum absolute atomic E-state index is 0.571. The maximum absolute atomic E-state index is 5.45. The normalized spacial score (nSPS) is 11.8. The first-order valence-corrected chi connectivity index (χ1v) is 27.5. The molecule has 12 rings (SSSR count). The molecule has 0 bridgehead atoms. The second-order valence-corrected chi connectivity index (χ2v) is 25.1. The Hall–Kier alpha value is -8.56. The molecule has 0 atom stereocenters. The Kier molecular flexibility index (Phi) is 10.9. The summed E-state index contributed by atoms with van der Waals surface area (Å²) in [7, 11) is -5.63. The van der Waals surface area contributed by atoms with Crippen molar-refractivity contribution in [3.8, 4) is 28.7 Å². The molecule has 69 heavy (non-hydrogen) atoms. The van der Waals surface area contributed by atoms with Crippen LogP contribution in [0.3, 0.4) is 0 Å². The molecule has 4 nitrogen and oxygen atoms in total. The second kappa shape index (κ2) is 17.9. The summed E-state index contributed by atoms with van der Waals surface area (Å²) >= 11 is 0. The maximum Gasteiger partial charge on any atom is 0.238 e. The van der Waals surface area contributed by atoms with Gasteiger partial charge in [0.15, 0.2) is 27.8 Å². The van der Waals surface area contributed by atoms with Crippen molar-refractivity contribution in [1.29, 1.82) is 0 Å². The minimum Gasteiger partial charge on any atom is -0.278 e. The summed E-state index contributed by atoms with van der Waals surface area (Å²) in [6.07, 6.45) is 0. The van der Waals surface area contributed by atoms with E-state index >= 15 is 0 Å². The molecule has 0 aliphatic rings. The van der Waals surface area contributed by atoms with Crippen molar-refractivity contribution < 1.29 is 0 Å². The lowest BCUT2D eigenvalue weighted by Crippen LogP contribution is -2.74. The zero-order chi connectivity index (χ0) is 46.0. The summed E-state index contributed by atoms with van der Waals surface area (Å²) in [6.45, 7) is 0. The summed E-state index contributed by atoms with van der Waals surface area (Å²) in [4.78, 5) is 16.3. The van der Waals surface area contributed by atoms with Crippen molar-refractivity contribution >= 4 is 79.4 Å². The topological polar surface area (TPSA) is 43.6 Å². The van der Waals surface area contributed by atoms with Gasteiger partial charge in [0, 0.05) is 21.9 Å². The van der Waals surface area contributed by atoms with E-state index in [-0.39, 0.29) is 0 Å². The Morgan fingerprint density at radius 1 is 0.246 bits per heavy atom. The van der Waals surface area contributed by atoms with E-state index in [4.69, 9.17) is 15.0 Å². The van der Waals surface area contributed by atoms with E-state index in [0.717, 1.165) is 32.9 Å². The van der Waals surface area contributed by atoms with Crippen molar-refractivity contribution in [2.24, 2.45) is 0 Å². The van der Waals surface area contributed by atoms with Crippen LogP contribution in [0.5, 0.6) is 0 Å². The molecule has 0 radical (unpaired) electrons. The number of aromatic nitrogens is 4. The predicted molar refractivity (Wildman–Crippen MR) is 292 cm³/mol. The van der Waals surface area contributed by atoms with Gasteiger partial charge in [0.2, 0.25) is 5.95 Å². The number of benzene rings is 10. The summed E-state index contributed by atoms with van der Waals surface area (Å²) in [5, 5.41) is 12.7. The lowest BCUT2D eigenvalue weighted by molar-refractivity contribution is 0.953. The summed E-state index contributed by atoms with van der Waals surface area (Å²) in [5.74, 6) is 1.79. The molecule has 0 N–H and O–H groups in total. The Balaban J connectivity index is 1.09. The van der Waals surface area contributed by atoms with Crippen LogP contribution >= 0.6 is 0 Å². The lowest BCUT2D eigenvalue weighted by atomic mass is 10.2. The van der Waals surface area contributed by atoms with Crippen LogP contribution in [0, 0.1) is 0 Å². The van der Waals surface area contributed by atoms with E-state index in [9.17, 15) is 0 Å². The lowest BCUT2D eigenvalue weighted by Gasteiger charge is -2.34. The van der Waals surface area contributed by atoms with Gasteiger partial charge in [-0.25, -0.2) is 4.98 Å². The van der Waals surface area contributed by atoms with Gasteiger partial charge in [-0.2, -0.15) is 9.97 Å². The van der Waals surface area contributed by atoms with Gasteiger partial charge >= 0.3 is 0 Å². The number of fused-ring (bicyclic) bond motifs is 3. The molecular weight excluding hydrogens is 869 g/mol. The van der Waals surface area contributed by atoms with Gasteiger partial charge in [-0.05, 0) is 53.6 Å². The summed E-state index contributed by atoms with van der Waals surface area (Å²) < 4.78 is 2.20. The molecule has 0 amide bonds. The Morgan fingerprint density at radius 2 is 0.565 bits per heavy atom. The monoisotopic (exact) mass is 914 g/mol. The van der Waals surface area contributed by atoms with Crippen LogP contribution in [0.15, 0.2) is 279 Å². The van der Waals surface area contributed by atoms with E-state index in [2.05, 4.69) is 284 Å². The highest BCUT2D eigenvalue weighted by atomic mass is 28.3. The predicted octanol–water partition coefficient (Wildman–Crippen LogP) is 9.06. The van der Waals surface area contributed by atoms with Crippen LogP contribution in [0.1, 0.15) is 0 Å². The maximum atomic E-state index is 5.45. The molecule has 326 valence electrons. The third-order valence-corrected chi connectivity index (χ3v) is 23.3. The van der Waals surface area contributed by atoms with Gasteiger partial charge < -0.3 is 0 Å². The molecule has 10 aromatic carbocycles. The van der Waals surface area contributed by atoms with Gasteiger partial charge in [-0.3, -0.25) is 4.57 Å². The van der Waals surface area contributed by atoms with Crippen molar-refractivity contribution in [3.63, 3.8) is 0 Å². The molecule has 0 aliphatic carbocycles. The number of hydrogen-bond acceptors (Lipinski definition) is 3. The second-order valence-electron chi connectivity index (χ2n) is 17.5. The van der Waals surface area contributed by atoms with Crippen molar-refractivity contribution in [1.82, 2.24) is 19.5 Å². The molecule has 0 unspecified atom stereocenters. The average molecular weight is 915 g/mol. The van der Waals surface area contributed by atoms with Gasteiger partial charge in [-0.1, -0.05) is 267 Å². The smallest absolute Gasteiger partial charge is 0.238 e. The standard InChI is InChI=1S/C63H46N4Si2/c1-7-25-49(26-8-1)68(50-27-9-2-10-28-50,51-29-11-3-12-30-51)55-44-42-47(43-45-55)61-64-62(66-63(65-61)67-59-40-21-19-38-57(59)58-39-20-22-41-60(58)67)48-24-23-37-56(46-48)69(52-31-13-4-14-32-52,53-33-15-5-16-34-53)54-35-17-6-18-36-54/h1-46H. The third-order valence-electron chi connectivity index (χ3n) is 13.8. The van der Waals surface area contributed by atoms with Gasteiger partial charge in [0.05, 0.1) is 11.0 Å². The van der Waals surface area contributed by atoms with Crippen LogP contribution in [-0.4, -0.2) is 35.7 Å². The van der Waals surface area contributed by atoms with Crippen LogP contribution in [0.2, 0.25) is 0 Å². The SMILES string of the molecule is c1ccc([Si](c2ccccc2)(c2ccccc2)c2ccc(-c3nc(-c4cccc([Si](c5ccccc5)(c5ccccc5)c5ccccc5)c4)nc(-n4c5ccccc5c5ccccc54)n3)cc2)cc1. The molecule has 0 saturated carbocycles. The first kappa shape index (κ1) is 41.8. The highest BCUT2D eigenvalue weighted by Crippen LogP contribution is 2.32. The van der Waals surface area contributed by atoms with Crippen molar-refractivity contribution in [2.75, 3.05) is 0 Å². The van der Waals surface area contributed by atoms with E-state index in [1.54, 1.807) is 0 Å². The number of hydrogen-bond donors (Lipinski definition) is 0. The molecule has 0 aliphatic heterocycles. The summed E-state index contributed by atoms with van der Waals surface area (Å²) in [6, 6.07) is 101. The largest absolute Gasteiger partial charge is 0.278 e. The average Bonchev–Trinajstić information content (AvgIpc) is 3.78. The zero-order valence-corrected chi connectivity index (χ0v) is 39.8. The van der Waals surface area contributed by atoms with Crippen LogP contribution < -0.4 is 41.5 Å².